The van der Waals surface area contributed by atoms with Gasteiger partial charge >= 0.3 is 5.97 Å². The average molecular weight is 240 g/mol. The second-order valence-electron chi connectivity index (χ2n) is 3.19. The predicted octanol–water partition coefficient (Wildman–Crippen LogP) is 2.16. The Kier molecular flexibility index (Phi) is 5.43. The largest absolute Gasteiger partial charge is 0.466 e. The van der Waals surface area contributed by atoms with Crippen LogP contribution in [0.25, 0.3) is 0 Å². The Balaban J connectivity index is 2.23. The molecule has 0 heterocycles. The lowest BCUT2D eigenvalue weighted by molar-refractivity contribution is -0.134. The van der Waals surface area contributed by atoms with Crippen molar-refractivity contribution in [2.75, 3.05) is 13.7 Å². The molecule has 1 N–H and O–H groups in total. The van der Waals surface area contributed by atoms with Gasteiger partial charge in [-0.05, 0) is 24.1 Å². The summed E-state index contributed by atoms with van der Waals surface area (Å²) < 4.78 is 4.45. The topological polar surface area (TPSA) is 38.3 Å². The Morgan fingerprint density at radius 3 is 2.75 bits per heavy atom. The highest BCUT2D eigenvalue weighted by atomic mass is 35.5. The zero-order chi connectivity index (χ0) is 11.8. The van der Waals surface area contributed by atoms with Gasteiger partial charge in [0.1, 0.15) is 0 Å². The summed E-state index contributed by atoms with van der Waals surface area (Å²) >= 11 is 5.77. The zero-order valence-corrected chi connectivity index (χ0v) is 9.83. The molecule has 0 atom stereocenters. The Morgan fingerprint density at radius 1 is 1.44 bits per heavy atom. The molecule has 0 fully saturated rings. The van der Waals surface area contributed by atoms with Crippen LogP contribution >= 0.6 is 11.6 Å². The van der Waals surface area contributed by atoms with E-state index < -0.39 is 0 Å². The maximum atomic E-state index is 10.7. The molecule has 3 nitrogen and oxygen atoms in total. The maximum Gasteiger partial charge on any atom is 0.331 e. The van der Waals surface area contributed by atoms with Gasteiger partial charge in [0.2, 0.25) is 0 Å². The van der Waals surface area contributed by atoms with Crippen LogP contribution in [0.3, 0.4) is 0 Å². The Labute approximate surface area is 100 Å². The van der Waals surface area contributed by atoms with Crippen molar-refractivity contribution in [3.63, 3.8) is 0 Å². The van der Waals surface area contributed by atoms with E-state index in [-0.39, 0.29) is 5.97 Å². The van der Waals surface area contributed by atoms with E-state index >= 15 is 0 Å². The molecule has 0 aliphatic carbocycles. The molecule has 0 saturated carbocycles. The maximum absolute atomic E-state index is 10.7. The lowest BCUT2D eigenvalue weighted by Gasteiger charge is -2.01. The van der Waals surface area contributed by atoms with Crippen molar-refractivity contribution >= 4 is 17.6 Å². The van der Waals surface area contributed by atoms with Gasteiger partial charge in [-0.2, -0.15) is 0 Å². The van der Waals surface area contributed by atoms with Crippen molar-refractivity contribution in [3.8, 4) is 0 Å². The van der Waals surface area contributed by atoms with Crippen LogP contribution in [0.4, 0.5) is 0 Å². The van der Waals surface area contributed by atoms with Crippen molar-refractivity contribution in [1.29, 1.82) is 0 Å². The van der Waals surface area contributed by atoms with Crippen molar-refractivity contribution < 1.29 is 9.53 Å². The first-order valence-corrected chi connectivity index (χ1v) is 5.32. The van der Waals surface area contributed by atoms with Crippen molar-refractivity contribution in [1.82, 2.24) is 5.32 Å². The second kappa shape index (κ2) is 6.90. The summed E-state index contributed by atoms with van der Waals surface area (Å²) in [4.78, 5) is 10.7. The van der Waals surface area contributed by atoms with Crippen LogP contribution in [-0.2, 0) is 16.0 Å². The fourth-order valence-corrected chi connectivity index (χ4v) is 1.27. The van der Waals surface area contributed by atoms with E-state index in [1.807, 2.05) is 24.3 Å². The monoisotopic (exact) mass is 239 g/mol. The molecule has 86 valence electrons. The number of hydrogen-bond acceptors (Lipinski definition) is 3. The van der Waals surface area contributed by atoms with E-state index in [0.717, 1.165) is 18.0 Å². The molecule has 0 aromatic heterocycles. The molecule has 0 aliphatic heterocycles. The molecule has 1 aromatic rings. The van der Waals surface area contributed by atoms with Crippen molar-refractivity contribution in [3.05, 3.63) is 47.1 Å². The molecule has 1 rings (SSSR count). The summed E-state index contributed by atoms with van der Waals surface area (Å²) in [6.45, 7) is 0.759. The number of halogens is 1. The third-order valence-corrected chi connectivity index (χ3v) is 2.26. The van der Waals surface area contributed by atoms with Gasteiger partial charge in [0.25, 0.3) is 0 Å². The van der Waals surface area contributed by atoms with Crippen LogP contribution in [0.15, 0.2) is 36.5 Å². The van der Waals surface area contributed by atoms with E-state index in [0.29, 0.717) is 0 Å². The molecule has 0 radical (unpaired) electrons. The number of esters is 1. The molecular weight excluding hydrogens is 226 g/mol. The number of carbonyl (C=O) groups excluding carboxylic acids is 1. The lowest BCUT2D eigenvalue weighted by Crippen LogP contribution is -2.10. The number of methoxy groups -OCH3 is 1. The normalized spacial score (nSPS) is 10.4. The molecule has 4 heteroatoms. The highest BCUT2D eigenvalue weighted by Gasteiger charge is 1.92. The van der Waals surface area contributed by atoms with Gasteiger partial charge in [-0.15, -0.1) is 0 Å². The predicted molar refractivity (Wildman–Crippen MR) is 64.3 cm³/mol. The number of rotatable bonds is 5. The Morgan fingerprint density at radius 2 is 2.12 bits per heavy atom. The molecule has 0 unspecified atom stereocenters. The van der Waals surface area contributed by atoms with E-state index in [1.165, 1.54) is 18.7 Å². The molecule has 1 aromatic carbocycles. The first-order chi connectivity index (χ1) is 7.72. The van der Waals surface area contributed by atoms with Crippen LogP contribution in [0.5, 0.6) is 0 Å². The van der Waals surface area contributed by atoms with Crippen LogP contribution in [0.1, 0.15) is 5.56 Å². The van der Waals surface area contributed by atoms with E-state index in [1.54, 1.807) is 6.20 Å². The van der Waals surface area contributed by atoms with E-state index in [4.69, 9.17) is 11.6 Å². The van der Waals surface area contributed by atoms with Gasteiger partial charge in [-0.3, -0.25) is 0 Å². The van der Waals surface area contributed by atoms with E-state index in [2.05, 4.69) is 10.1 Å². The van der Waals surface area contributed by atoms with Gasteiger partial charge in [0.05, 0.1) is 7.11 Å². The minimum Gasteiger partial charge on any atom is -0.466 e. The van der Waals surface area contributed by atoms with Gasteiger partial charge in [0.15, 0.2) is 0 Å². The summed E-state index contributed by atoms with van der Waals surface area (Å²) in [5.41, 5.74) is 1.20. The third-order valence-electron chi connectivity index (χ3n) is 2.01. The summed E-state index contributed by atoms with van der Waals surface area (Å²) in [5.74, 6) is -0.362. The van der Waals surface area contributed by atoms with Gasteiger partial charge < -0.3 is 10.1 Å². The fourth-order valence-electron chi connectivity index (χ4n) is 1.15. The smallest absolute Gasteiger partial charge is 0.331 e. The zero-order valence-electron chi connectivity index (χ0n) is 9.07. The third kappa shape index (κ3) is 4.84. The summed E-state index contributed by atoms with van der Waals surface area (Å²) in [5, 5.41) is 3.74. The minimum absolute atomic E-state index is 0.362. The Bertz CT molecular complexity index is 360. The van der Waals surface area contributed by atoms with Gasteiger partial charge in [-0.1, -0.05) is 23.7 Å². The number of nitrogens with one attached hydrogen (secondary N) is 1. The summed E-state index contributed by atoms with van der Waals surface area (Å²) in [6, 6.07) is 7.68. The molecule has 16 heavy (non-hydrogen) atoms. The van der Waals surface area contributed by atoms with Crippen LogP contribution in [-0.4, -0.2) is 19.6 Å². The van der Waals surface area contributed by atoms with Crippen molar-refractivity contribution in [2.24, 2.45) is 0 Å². The molecule has 0 amide bonds. The number of carbonyl (C=O) groups is 1. The molecule has 0 aliphatic rings. The number of benzene rings is 1. The van der Waals surface area contributed by atoms with Crippen LogP contribution in [0.2, 0.25) is 5.02 Å². The first-order valence-electron chi connectivity index (χ1n) is 4.94. The van der Waals surface area contributed by atoms with Gasteiger partial charge in [0, 0.05) is 23.8 Å². The SMILES string of the molecule is COC(=O)/C=C/NCCc1ccc(Cl)cc1. The average Bonchev–Trinajstić information content (AvgIpc) is 2.31. The second-order valence-corrected chi connectivity index (χ2v) is 3.62. The van der Waals surface area contributed by atoms with E-state index in [9.17, 15) is 4.79 Å². The summed E-state index contributed by atoms with van der Waals surface area (Å²) in [7, 11) is 1.35. The van der Waals surface area contributed by atoms with Gasteiger partial charge in [-0.25, -0.2) is 4.79 Å². The highest BCUT2D eigenvalue weighted by molar-refractivity contribution is 6.30. The van der Waals surface area contributed by atoms with Crippen LogP contribution in [0, 0.1) is 0 Å². The van der Waals surface area contributed by atoms with Crippen LogP contribution < -0.4 is 5.32 Å². The summed E-state index contributed by atoms with van der Waals surface area (Å²) in [6.07, 6.45) is 3.81. The Hall–Kier alpha value is -1.48. The number of hydrogen-bond donors (Lipinski definition) is 1. The molecule has 0 spiro atoms. The standard InChI is InChI=1S/C12H14ClNO2/c1-16-12(15)7-9-14-8-6-10-2-4-11(13)5-3-10/h2-5,7,9,14H,6,8H2,1H3/b9-7+. The molecular formula is C12H14ClNO2. The fraction of sp³-hybridized carbons (Fsp3) is 0.250. The molecule has 0 saturated heterocycles. The first kappa shape index (κ1) is 12.6. The van der Waals surface area contributed by atoms with Crippen molar-refractivity contribution in [2.45, 2.75) is 6.42 Å². The quantitative estimate of drug-likeness (QED) is 0.486. The minimum atomic E-state index is -0.362. The number of ether oxygens (including phenoxy) is 1. The molecule has 0 bridgehead atoms. The lowest BCUT2D eigenvalue weighted by atomic mass is 10.1. The highest BCUT2D eigenvalue weighted by Crippen LogP contribution is 2.09.